The molecule has 3 heteroatoms. The van der Waals surface area contributed by atoms with Gasteiger partial charge in [0.1, 0.15) is 11.9 Å². The van der Waals surface area contributed by atoms with Crippen molar-refractivity contribution >= 4 is 16.7 Å². The number of pyridine rings is 1. The zero-order valence-corrected chi connectivity index (χ0v) is 9.10. The van der Waals surface area contributed by atoms with Gasteiger partial charge >= 0.3 is 0 Å². The van der Waals surface area contributed by atoms with Crippen molar-refractivity contribution in [1.29, 1.82) is 0 Å². The molecule has 2 rings (SSSR count). The molecule has 1 atom stereocenters. The number of aromatic nitrogens is 1. The van der Waals surface area contributed by atoms with Crippen LogP contribution in [0.2, 0.25) is 0 Å². The number of para-hydroxylation sites is 1. The van der Waals surface area contributed by atoms with E-state index in [4.69, 9.17) is 0 Å². The Morgan fingerprint density at radius 1 is 1.31 bits per heavy atom. The minimum Gasteiger partial charge on any atom is -0.382 e. The number of Topliss-reactive ketones (excluding diaryl/α,β-unsaturated/α-hetero) is 1. The van der Waals surface area contributed by atoms with Gasteiger partial charge in [0.25, 0.3) is 0 Å². The minimum absolute atomic E-state index is 0.0194. The molecule has 0 amide bonds. The van der Waals surface area contributed by atoms with Crippen LogP contribution in [0.4, 0.5) is 0 Å². The van der Waals surface area contributed by atoms with Crippen molar-refractivity contribution in [2.45, 2.75) is 19.4 Å². The SMILES string of the molecule is CC(=O)CC(O)c1ccc2ccccc2[nH+]1. The first-order valence-electron chi connectivity index (χ1n) is 5.25. The summed E-state index contributed by atoms with van der Waals surface area (Å²) in [5, 5.41) is 10.9. The Kier molecular flexibility index (Phi) is 2.97. The van der Waals surface area contributed by atoms with E-state index in [2.05, 4.69) is 4.98 Å². The molecule has 0 saturated heterocycles. The Hall–Kier alpha value is -1.74. The van der Waals surface area contributed by atoms with Crippen LogP contribution in [-0.2, 0) is 4.79 Å². The van der Waals surface area contributed by atoms with E-state index in [1.807, 2.05) is 36.4 Å². The molecule has 0 bridgehead atoms. The number of aromatic amines is 1. The minimum atomic E-state index is -0.748. The van der Waals surface area contributed by atoms with Crippen LogP contribution in [0.15, 0.2) is 36.4 Å². The summed E-state index contributed by atoms with van der Waals surface area (Å²) in [6.07, 6.45) is -0.600. The summed E-state index contributed by atoms with van der Waals surface area (Å²) in [6, 6.07) is 11.6. The summed E-state index contributed by atoms with van der Waals surface area (Å²) < 4.78 is 0. The van der Waals surface area contributed by atoms with Gasteiger partial charge in [-0.2, -0.15) is 0 Å². The topological polar surface area (TPSA) is 51.4 Å². The number of hydrogen-bond acceptors (Lipinski definition) is 2. The summed E-state index contributed by atoms with van der Waals surface area (Å²) in [6.45, 7) is 1.48. The van der Waals surface area contributed by atoms with Gasteiger partial charge in [-0.05, 0) is 19.1 Å². The van der Waals surface area contributed by atoms with Gasteiger partial charge in [-0.3, -0.25) is 4.79 Å². The normalized spacial score (nSPS) is 12.6. The van der Waals surface area contributed by atoms with Crippen molar-refractivity contribution in [3.63, 3.8) is 0 Å². The largest absolute Gasteiger partial charge is 0.382 e. The van der Waals surface area contributed by atoms with Crippen molar-refractivity contribution in [2.24, 2.45) is 0 Å². The molecule has 1 heterocycles. The third kappa shape index (κ3) is 2.25. The van der Waals surface area contributed by atoms with Gasteiger partial charge in [-0.25, -0.2) is 4.98 Å². The number of ketones is 1. The molecule has 16 heavy (non-hydrogen) atoms. The Morgan fingerprint density at radius 3 is 2.81 bits per heavy atom. The molecule has 1 aromatic carbocycles. The first-order valence-corrected chi connectivity index (χ1v) is 5.25. The molecule has 3 nitrogen and oxygen atoms in total. The molecule has 1 aromatic heterocycles. The zero-order chi connectivity index (χ0) is 11.5. The van der Waals surface area contributed by atoms with Gasteiger partial charge in [-0.1, -0.05) is 12.1 Å². The Morgan fingerprint density at radius 2 is 2.06 bits per heavy atom. The van der Waals surface area contributed by atoms with Gasteiger partial charge in [-0.15, -0.1) is 0 Å². The Balaban J connectivity index is 2.35. The maximum atomic E-state index is 10.9. The molecular formula is C13H14NO2+. The third-order valence-electron chi connectivity index (χ3n) is 2.52. The van der Waals surface area contributed by atoms with E-state index in [-0.39, 0.29) is 12.2 Å². The smallest absolute Gasteiger partial charge is 0.211 e. The predicted molar refractivity (Wildman–Crippen MR) is 60.8 cm³/mol. The number of benzene rings is 1. The standard InChI is InChI=1S/C13H13NO2/c1-9(15)8-13(16)12-7-6-10-4-2-3-5-11(10)14-12/h2-7,13,16H,8H2,1H3/p+1. The third-order valence-corrected chi connectivity index (χ3v) is 2.52. The number of carbonyl (C=O) groups excluding carboxylic acids is 1. The monoisotopic (exact) mass is 216 g/mol. The molecule has 0 aliphatic rings. The van der Waals surface area contributed by atoms with E-state index in [1.54, 1.807) is 0 Å². The molecule has 82 valence electrons. The lowest BCUT2D eigenvalue weighted by atomic mass is 10.1. The molecule has 0 aliphatic heterocycles. The van der Waals surface area contributed by atoms with Crippen molar-refractivity contribution in [3.8, 4) is 0 Å². The van der Waals surface area contributed by atoms with Crippen LogP contribution in [0, 0.1) is 0 Å². The highest BCUT2D eigenvalue weighted by Crippen LogP contribution is 2.15. The molecule has 2 aromatic rings. The second-order valence-corrected chi connectivity index (χ2v) is 3.92. The fourth-order valence-corrected chi connectivity index (χ4v) is 1.71. The fraction of sp³-hybridized carbons (Fsp3) is 0.231. The average molecular weight is 216 g/mol. The van der Waals surface area contributed by atoms with E-state index in [1.165, 1.54) is 6.92 Å². The summed E-state index contributed by atoms with van der Waals surface area (Å²) in [7, 11) is 0. The van der Waals surface area contributed by atoms with Crippen LogP contribution in [0.25, 0.3) is 10.9 Å². The number of carbonyl (C=O) groups is 1. The van der Waals surface area contributed by atoms with Crippen LogP contribution in [0.3, 0.4) is 0 Å². The van der Waals surface area contributed by atoms with Gasteiger partial charge in [0.15, 0.2) is 0 Å². The lowest BCUT2D eigenvalue weighted by molar-refractivity contribution is -0.368. The fourth-order valence-electron chi connectivity index (χ4n) is 1.71. The second-order valence-electron chi connectivity index (χ2n) is 3.92. The number of aliphatic hydroxyl groups excluding tert-OH is 1. The van der Waals surface area contributed by atoms with E-state index in [0.29, 0.717) is 5.69 Å². The molecule has 1 unspecified atom stereocenters. The highest BCUT2D eigenvalue weighted by Gasteiger charge is 2.16. The van der Waals surface area contributed by atoms with Crippen molar-refractivity contribution < 1.29 is 14.9 Å². The maximum absolute atomic E-state index is 10.9. The van der Waals surface area contributed by atoms with Crippen LogP contribution in [0.1, 0.15) is 25.1 Å². The van der Waals surface area contributed by atoms with Gasteiger partial charge in [0.05, 0.1) is 0 Å². The lowest BCUT2D eigenvalue weighted by Crippen LogP contribution is -2.17. The number of nitrogens with one attached hydrogen (secondary N) is 1. The summed E-state index contributed by atoms with van der Waals surface area (Å²) in [5.74, 6) is -0.0194. The number of rotatable bonds is 3. The van der Waals surface area contributed by atoms with Crippen molar-refractivity contribution in [1.82, 2.24) is 0 Å². The highest BCUT2D eigenvalue weighted by molar-refractivity contribution is 5.76. The molecule has 0 radical (unpaired) electrons. The number of fused-ring (bicyclic) bond motifs is 1. The first-order chi connectivity index (χ1) is 7.66. The summed E-state index contributed by atoms with van der Waals surface area (Å²) in [5.41, 5.74) is 1.64. The van der Waals surface area contributed by atoms with Crippen LogP contribution >= 0.6 is 0 Å². The number of hydrogen-bond donors (Lipinski definition) is 1. The van der Waals surface area contributed by atoms with Crippen LogP contribution < -0.4 is 4.98 Å². The van der Waals surface area contributed by atoms with E-state index < -0.39 is 6.10 Å². The maximum Gasteiger partial charge on any atom is 0.211 e. The van der Waals surface area contributed by atoms with Crippen molar-refractivity contribution in [2.75, 3.05) is 0 Å². The van der Waals surface area contributed by atoms with Gasteiger partial charge < -0.3 is 5.11 Å². The quantitative estimate of drug-likeness (QED) is 0.848. The zero-order valence-electron chi connectivity index (χ0n) is 9.10. The molecule has 0 aliphatic carbocycles. The molecule has 0 spiro atoms. The highest BCUT2D eigenvalue weighted by atomic mass is 16.3. The molecule has 2 N–H and O–H groups in total. The Labute approximate surface area is 93.7 Å². The second kappa shape index (κ2) is 4.41. The van der Waals surface area contributed by atoms with Crippen LogP contribution in [-0.4, -0.2) is 10.9 Å². The number of H-pyrrole nitrogens is 1. The van der Waals surface area contributed by atoms with Gasteiger partial charge in [0.2, 0.25) is 11.2 Å². The van der Waals surface area contributed by atoms with E-state index in [0.717, 1.165) is 10.9 Å². The van der Waals surface area contributed by atoms with Gasteiger partial charge in [0, 0.05) is 23.9 Å². The molecular weight excluding hydrogens is 202 g/mol. The van der Waals surface area contributed by atoms with Crippen molar-refractivity contribution in [3.05, 3.63) is 42.1 Å². The van der Waals surface area contributed by atoms with E-state index >= 15 is 0 Å². The average Bonchev–Trinajstić information content (AvgIpc) is 2.27. The molecule has 0 fully saturated rings. The summed E-state index contributed by atoms with van der Waals surface area (Å²) in [4.78, 5) is 14.0. The first kappa shape index (κ1) is 10.8. The number of aliphatic hydroxyl groups is 1. The predicted octanol–water partition coefficient (Wildman–Crippen LogP) is 1.67. The Bertz CT molecular complexity index is 522. The van der Waals surface area contributed by atoms with E-state index in [9.17, 15) is 9.90 Å². The van der Waals surface area contributed by atoms with Crippen LogP contribution in [0.5, 0.6) is 0 Å². The summed E-state index contributed by atoms with van der Waals surface area (Å²) >= 11 is 0. The lowest BCUT2D eigenvalue weighted by Gasteiger charge is -2.03. The molecule has 0 saturated carbocycles.